The van der Waals surface area contributed by atoms with Crippen LogP contribution >= 0.6 is 0 Å². The number of nitrogens with zero attached hydrogens (tertiary/aromatic N) is 5. The molecule has 0 saturated carbocycles. The zero-order chi connectivity index (χ0) is 22.9. The van der Waals surface area contributed by atoms with Crippen LogP contribution in [0.1, 0.15) is 19.4 Å². The summed E-state index contributed by atoms with van der Waals surface area (Å²) in [6.07, 6.45) is 3.54. The second-order valence-corrected chi connectivity index (χ2v) is 6.71. The molecule has 2 heterocycles. The van der Waals surface area contributed by atoms with Crippen LogP contribution in [0.25, 0.3) is 0 Å². The quantitative estimate of drug-likeness (QED) is 0.461. The Morgan fingerprint density at radius 3 is 2.16 bits per heavy atom. The van der Waals surface area contributed by atoms with Crippen molar-refractivity contribution in [1.29, 1.82) is 0 Å². The highest BCUT2D eigenvalue weighted by atomic mass is 16.5. The minimum atomic E-state index is 0.393. The molecule has 170 valence electrons. The van der Waals surface area contributed by atoms with E-state index in [-0.39, 0.29) is 0 Å². The van der Waals surface area contributed by atoms with E-state index >= 15 is 0 Å². The Morgan fingerprint density at radius 2 is 1.59 bits per heavy atom. The number of anilines is 4. The number of nitrogens with one attached hydrogen (secondary N) is 2. The molecule has 1 aromatic carbocycles. The Bertz CT molecular complexity index is 989. The molecule has 0 aliphatic heterocycles. The van der Waals surface area contributed by atoms with Crippen LogP contribution in [0.5, 0.6) is 17.2 Å². The normalized spacial score (nSPS) is 10.4. The van der Waals surface area contributed by atoms with Crippen molar-refractivity contribution in [3.63, 3.8) is 0 Å². The summed E-state index contributed by atoms with van der Waals surface area (Å²) in [5.41, 5.74) is 1.71. The molecule has 0 aliphatic carbocycles. The molecule has 0 fully saturated rings. The van der Waals surface area contributed by atoms with Gasteiger partial charge in [0.2, 0.25) is 23.6 Å². The Hall–Kier alpha value is -3.82. The molecule has 10 heteroatoms. The summed E-state index contributed by atoms with van der Waals surface area (Å²) in [6, 6.07) is 7.47. The number of aromatic nitrogens is 4. The fourth-order valence-corrected chi connectivity index (χ4v) is 3.11. The molecule has 0 saturated heterocycles. The van der Waals surface area contributed by atoms with Gasteiger partial charge in [-0.3, -0.25) is 4.98 Å². The van der Waals surface area contributed by atoms with Gasteiger partial charge in [-0.25, -0.2) is 0 Å². The van der Waals surface area contributed by atoms with E-state index in [0.717, 1.165) is 18.7 Å². The van der Waals surface area contributed by atoms with Crippen molar-refractivity contribution in [2.75, 3.05) is 50.0 Å². The van der Waals surface area contributed by atoms with E-state index in [2.05, 4.69) is 49.3 Å². The van der Waals surface area contributed by atoms with Gasteiger partial charge in [-0.15, -0.1) is 0 Å². The third-order valence-electron chi connectivity index (χ3n) is 4.76. The van der Waals surface area contributed by atoms with Crippen LogP contribution in [0.2, 0.25) is 0 Å². The molecule has 3 rings (SSSR count). The maximum Gasteiger partial charge on any atom is 0.233 e. The number of ether oxygens (including phenoxy) is 3. The van der Waals surface area contributed by atoms with Gasteiger partial charge in [0.05, 0.1) is 21.3 Å². The molecule has 10 nitrogen and oxygen atoms in total. The lowest BCUT2D eigenvalue weighted by molar-refractivity contribution is 0.324. The molecule has 0 bridgehead atoms. The van der Waals surface area contributed by atoms with E-state index in [1.807, 2.05) is 12.1 Å². The number of rotatable bonds is 11. The molecule has 0 spiro atoms. The predicted molar refractivity (Wildman–Crippen MR) is 124 cm³/mol. The third-order valence-corrected chi connectivity index (χ3v) is 4.76. The lowest BCUT2D eigenvalue weighted by Crippen LogP contribution is -2.25. The van der Waals surface area contributed by atoms with Gasteiger partial charge in [0.25, 0.3) is 0 Å². The maximum atomic E-state index is 5.44. The topological polar surface area (TPSA) is 107 Å². The van der Waals surface area contributed by atoms with Gasteiger partial charge in [0, 0.05) is 49.8 Å². The van der Waals surface area contributed by atoms with Gasteiger partial charge in [0.1, 0.15) is 0 Å². The van der Waals surface area contributed by atoms with Crippen molar-refractivity contribution in [1.82, 2.24) is 19.9 Å². The highest BCUT2D eigenvalue weighted by molar-refractivity contribution is 5.66. The minimum absolute atomic E-state index is 0.393. The van der Waals surface area contributed by atoms with E-state index in [1.165, 1.54) is 0 Å². The van der Waals surface area contributed by atoms with Gasteiger partial charge in [-0.05, 0) is 25.5 Å². The highest BCUT2D eigenvalue weighted by Gasteiger charge is 2.16. The highest BCUT2D eigenvalue weighted by Crippen LogP contribution is 2.40. The Kier molecular flexibility index (Phi) is 7.85. The Balaban J connectivity index is 1.93. The summed E-state index contributed by atoms with van der Waals surface area (Å²) in [4.78, 5) is 19.9. The van der Waals surface area contributed by atoms with Crippen LogP contribution in [0.15, 0.2) is 36.7 Å². The first-order valence-corrected chi connectivity index (χ1v) is 10.3. The molecular weight excluding hydrogens is 410 g/mol. The van der Waals surface area contributed by atoms with Gasteiger partial charge in [0.15, 0.2) is 11.5 Å². The number of pyridine rings is 1. The molecular formula is C22H29N7O3. The van der Waals surface area contributed by atoms with Crippen molar-refractivity contribution >= 4 is 23.5 Å². The second kappa shape index (κ2) is 11.0. The number of methoxy groups -OCH3 is 3. The number of hydrogen-bond donors (Lipinski definition) is 2. The minimum Gasteiger partial charge on any atom is -0.493 e. The van der Waals surface area contributed by atoms with Gasteiger partial charge in [-0.2, -0.15) is 15.0 Å². The molecule has 0 unspecified atom stereocenters. The lowest BCUT2D eigenvalue weighted by atomic mass is 10.2. The molecule has 32 heavy (non-hydrogen) atoms. The summed E-state index contributed by atoms with van der Waals surface area (Å²) in [5, 5.41) is 6.49. The van der Waals surface area contributed by atoms with E-state index in [0.29, 0.717) is 47.3 Å². The van der Waals surface area contributed by atoms with Crippen LogP contribution in [0, 0.1) is 0 Å². The lowest BCUT2D eigenvalue weighted by Gasteiger charge is -2.20. The smallest absolute Gasteiger partial charge is 0.233 e. The fraction of sp³-hybridized carbons (Fsp3) is 0.364. The van der Waals surface area contributed by atoms with Crippen LogP contribution in [-0.2, 0) is 6.54 Å². The summed E-state index contributed by atoms with van der Waals surface area (Å²) in [5.74, 6) is 3.00. The van der Waals surface area contributed by atoms with E-state index in [4.69, 9.17) is 14.2 Å². The van der Waals surface area contributed by atoms with Crippen molar-refractivity contribution in [2.24, 2.45) is 0 Å². The number of benzene rings is 1. The Labute approximate surface area is 188 Å². The van der Waals surface area contributed by atoms with Crippen molar-refractivity contribution in [3.05, 3.63) is 42.2 Å². The standard InChI is InChI=1S/C22H29N7O3/c1-6-29(7-2)22-27-20(24-14-15-9-8-10-23-13-15)26-21(28-22)25-16-11-17(30-3)19(32-5)18(12-16)31-4/h8-13H,6-7,14H2,1-5H3,(H2,24,25,26,27,28). The Morgan fingerprint density at radius 1 is 0.906 bits per heavy atom. The average Bonchev–Trinajstić information content (AvgIpc) is 2.83. The predicted octanol–water partition coefficient (Wildman–Crippen LogP) is 3.49. The summed E-state index contributed by atoms with van der Waals surface area (Å²) >= 11 is 0. The molecule has 2 aromatic heterocycles. The number of hydrogen-bond acceptors (Lipinski definition) is 10. The van der Waals surface area contributed by atoms with E-state index < -0.39 is 0 Å². The molecule has 0 atom stereocenters. The van der Waals surface area contributed by atoms with Crippen molar-refractivity contribution < 1.29 is 14.2 Å². The second-order valence-electron chi connectivity index (χ2n) is 6.71. The van der Waals surface area contributed by atoms with Crippen molar-refractivity contribution in [3.8, 4) is 17.2 Å². The average molecular weight is 440 g/mol. The molecule has 3 aromatic rings. The van der Waals surface area contributed by atoms with Gasteiger partial charge >= 0.3 is 0 Å². The van der Waals surface area contributed by atoms with Crippen LogP contribution in [0.4, 0.5) is 23.5 Å². The van der Waals surface area contributed by atoms with E-state index in [9.17, 15) is 0 Å². The SMILES string of the molecule is CCN(CC)c1nc(NCc2cccnc2)nc(Nc2cc(OC)c(OC)c(OC)c2)n1. The first kappa shape index (κ1) is 22.9. The molecule has 0 radical (unpaired) electrons. The largest absolute Gasteiger partial charge is 0.493 e. The summed E-state index contributed by atoms with van der Waals surface area (Å²) in [7, 11) is 4.71. The van der Waals surface area contributed by atoms with Crippen molar-refractivity contribution in [2.45, 2.75) is 20.4 Å². The molecule has 2 N–H and O–H groups in total. The maximum absolute atomic E-state index is 5.44. The van der Waals surface area contributed by atoms with Crippen LogP contribution in [0.3, 0.4) is 0 Å². The molecule has 0 amide bonds. The van der Waals surface area contributed by atoms with Gasteiger partial charge < -0.3 is 29.7 Å². The first-order valence-electron chi connectivity index (χ1n) is 10.3. The summed E-state index contributed by atoms with van der Waals surface area (Å²) < 4.78 is 16.3. The fourth-order valence-electron chi connectivity index (χ4n) is 3.11. The zero-order valence-corrected chi connectivity index (χ0v) is 19.0. The monoisotopic (exact) mass is 439 g/mol. The van der Waals surface area contributed by atoms with Crippen LogP contribution < -0.4 is 29.7 Å². The zero-order valence-electron chi connectivity index (χ0n) is 19.0. The first-order chi connectivity index (χ1) is 15.6. The van der Waals surface area contributed by atoms with Gasteiger partial charge in [-0.1, -0.05) is 6.07 Å². The van der Waals surface area contributed by atoms with E-state index in [1.54, 1.807) is 45.9 Å². The molecule has 0 aliphatic rings. The third kappa shape index (κ3) is 5.45. The summed E-state index contributed by atoms with van der Waals surface area (Å²) in [6.45, 7) is 6.20. The van der Waals surface area contributed by atoms with Crippen LogP contribution in [-0.4, -0.2) is 54.4 Å².